The third-order valence-corrected chi connectivity index (χ3v) is 5.35. The highest BCUT2D eigenvalue weighted by Gasteiger charge is 2.22. The minimum Gasteiger partial charge on any atom is -0.342 e. The van der Waals surface area contributed by atoms with Gasteiger partial charge < -0.3 is 9.88 Å². The van der Waals surface area contributed by atoms with Crippen molar-refractivity contribution >= 4 is 11.6 Å². The third kappa shape index (κ3) is 4.67. The first-order valence-corrected chi connectivity index (χ1v) is 10.3. The smallest absolute Gasteiger partial charge is 0.261 e. The van der Waals surface area contributed by atoms with Crippen LogP contribution in [0.2, 0.25) is 0 Å². The Hall–Kier alpha value is -3.21. The van der Waals surface area contributed by atoms with Crippen LogP contribution in [0.1, 0.15) is 52.4 Å². The standard InChI is InChI=1S/C25H29N3O2/c1-16(2)13-22-24(25(30)27-21-11-8-9-17(3)19(21)5)23(29)14-18(4)28(22)15-20-10-6-7-12-26-20/h6-12,14,16H,13,15H2,1-5H3,(H,27,30). The average Bonchev–Trinajstić information content (AvgIpc) is 2.68. The Morgan fingerprint density at radius 3 is 2.53 bits per heavy atom. The van der Waals surface area contributed by atoms with E-state index >= 15 is 0 Å². The lowest BCUT2D eigenvalue weighted by molar-refractivity contribution is 0.102. The van der Waals surface area contributed by atoms with Crippen LogP contribution in [0.5, 0.6) is 0 Å². The number of hydrogen-bond acceptors (Lipinski definition) is 3. The molecule has 30 heavy (non-hydrogen) atoms. The number of carbonyl (C=O) groups is 1. The van der Waals surface area contributed by atoms with Gasteiger partial charge in [-0.1, -0.05) is 32.0 Å². The maximum atomic E-state index is 13.3. The fraction of sp³-hybridized carbons (Fsp3) is 0.320. The van der Waals surface area contributed by atoms with Crippen molar-refractivity contribution in [2.45, 2.75) is 47.6 Å². The molecule has 0 saturated carbocycles. The molecule has 5 heteroatoms. The van der Waals surface area contributed by atoms with E-state index in [4.69, 9.17) is 0 Å². The molecule has 0 saturated heterocycles. The Bertz CT molecular complexity index is 1120. The zero-order valence-electron chi connectivity index (χ0n) is 18.3. The van der Waals surface area contributed by atoms with Gasteiger partial charge in [0.1, 0.15) is 5.56 Å². The van der Waals surface area contributed by atoms with Gasteiger partial charge in [0, 0.05) is 29.3 Å². The summed E-state index contributed by atoms with van der Waals surface area (Å²) < 4.78 is 2.04. The van der Waals surface area contributed by atoms with E-state index in [1.165, 1.54) is 0 Å². The first kappa shape index (κ1) is 21.5. The number of amides is 1. The average molecular weight is 404 g/mol. The molecule has 0 unspecified atom stereocenters. The summed E-state index contributed by atoms with van der Waals surface area (Å²) in [6.45, 7) is 10.6. The maximum Gasteiger partial charge on any atom is 0.261 e. The molecule has 0 radical (unpaired) electrons. The Morgan fingerprint density at radius 2 is 1.87 bits per heavy atom. The third-order valence-electron chi connectivity index (χ3n) is 5.35. The van der Waals surface area contributed by atoms with Crippen LogP contribution in [-0.4, -0.2) is 15.5 Å². The van der Waals surface area contributed by atoms with Crippen molar-refractivity contribution in [3.05, 3.63) is 92.7 Å². The Balaban J connectivity index is 2.10. The molecule has 2 aromatic heterocycles. The number of anilines is 1. The molecule has 5 nitrogen and oxygen atoms in total. The van der Waals surface area contributed by atoms with Gasteiger partial charge in [-0.3, -0.25) is 14.6 Å². The van der Waals surface area contributed by atoms with Crippen LogP contribution in [0.25, 0.3) is 0 Å². The first-order chi connectivity index (χ1) is 14.3. The van der Waals surface area contributed by atoms with Gasteiger partial charge in [0.25, 0.3) is 5.91 Å². The summed E-state index contributed by atoms with van der Waals surface area (Å²) in [6.07, 6.45) is 2.38. The molecule has 3 rings (SSSR count). The summed E-state index contributed by atoms with van der Waals surface area (Å²) in [5, 5.41) is 2.96. The molecule has 0 spiro atoms. The van der Waals surface area contributed by atoms with Gasteiger partial charge in [-0.15, -0.1) is 0 Å². The number of aryl methyl sites for hydroxylation is 2. The molecule has 0 aliphatic carbocycles. The number of pyridine rings is 2. The SMILES string of the molecule is Cc1cccc(NC(=O)c2c(CC(C)C)n(Cc3ccccn3)c(C)cc2=O)c1C. The maximum absolute atomic E-state index is 13.3. The van der Waals surface area contributed by atoms with Gasteiger partial charge in [-0.05, 0) is 62.4 Å². The number of nitrogens with zero attached hydrogens (tertiary/aromatic N) is 2. The molecule has 0 aliphatic rings. The van der Waals surface area contributed by atoms with Crippen molar-refractivity contribution in [1.82, 2.24) is 9.55 Å². The summed E-state index contributed by atoms with van der Waals surface area (Å²) in [7, 11) is 0. The molecular weight excluding hydrogens is 374 g/mol. The zero-order valence-corrected chi connectivity index (χ0v) is 18.3. The van der Waals surface area contributed by atoms with Crippen LogP contribution in [-0.2, 0) is 13.0 Å². The van der Waals surface area contributed by atoms with Gasteiger partial charge in [0.05, 0.1) is 12.2 Å². The second-order valence-corrected chi connectivity index (χ2v) is 8.18. The number of nitrogens with one attached hydrogen (secondary N) is 1. The Morgan fingerprint density at radius 1 is 1.10 bits per heavy atom. The van der Waals surface area contributed by atoms with Crippen molar-refractivity contribution in [2.75, 3.05) is 5.32 Å². The van der Waals surface area contributed by atoms with Crippen LogP contribution < -0.4 is 10.7 Å². The van der Waals surface area contributed by atoms with Gasteiger partial charge in [0.2, 0.25) is 0 Å². The van der Waals surface area contributed by atoms with E-state index in [9.17, 15) is 9.59 Å². The topological polar surface area (TPSA) is 64.0 Å². The minimum absolute atomic E-state index is 0.214. The van der Waals surface area contributed by atoms with E-state index in [0.29, 0.717) is 13.0 Å². The summed E-state index contributed by atoms with van der Waals surface area (Å²) in [6, 6.07) is 13.1. The lowest BCUT2D eigenvalue weighted by Gasteiger charge is -2.21. The van der Waals surface area contributed by atoms with E-state index in [1.54, 1.807) is 12.3 Å². The number of hydrogen-bond donors (Lipinski definition) is 1. The van der Waals surface area contributed by atoms with Crippen LogP contribution in [0.3, 0.4) is 0 Å². The van der Waals surface area contributed by atoms with Gasteiger partial charge in [0.15, 0.2) is 5.43 Å². The van der Waals surface area contributed by atoms with Gasteiger partial charge >= 0.3 is 0 Å². The van der Waals surface area contributed by atoms with Crippen molar-refractivity contribution < 1.29 is 4.79 Å². The second kappa shape index (κ2) is 9.08. The number of carbonyl (C=O) groups excluding carboxylic acids is 1. The normalized spacial score (nSPS) is 11.0. The number of aromatic nitrogens is 2. The van der Waals surface area contributed by atoms with Gasteiger partial charge in [-0.2, -0.15) is 0 Å². The highest BCUT2D eigenvalue weighted by Crippen LogP contribution is 2.21. The lowest BCUT2D eigenvalue weighted by Crippen LogP contribution is -2.29. The molecule has 3 aromatic rings. The van der Waals surface area contributed by atoms with Crippen LogP contribution in [0.15, 0.2) is 53.5 Å². The minimum atomic E-state index is -0.362. The number of rotatable bonds is 6. The first-order valence-electron chi connectivity index (χ1n) is 10.3. The Labute approximate surface area is 177 Å². The zero-order chi connectivity index (χ0) is 21.8. The van der Waals surface area contributed by atoms with E-state index in [2.05, 4.69) is 24.1 Å². The summed E-state index contributed by atoms with van der Waals surface area (Å²) in [5.74, 6) is -0.0763. The van der Waals surface area contributed by atoms with Crippen LogP contribution in [0, 0.1) is 26.7 Å². The van der Waals surface area contributed by atoms with E-state index in [0.717, 1.165) is 33.9 Å². The highest BCUT2D eigenvalue weighted by atomic mass is 16.2. The molecule has 1 aromatic carbocycles. The summed E-state index contributed by atoms with van der Waals surface area (Å²) >= 11 is 0. The molecule has 0 atom stereocenters. The van der Waals surface area contributed by atoms with Crippen molar-refractivity contribution in [2.24, 2.45) is 5.92 Å². The molecule has 0 aliphatic heterocycles. The fourth-order valence-electron chi connectivity index (χ4n) is 3.62. The van der Waals surface area contributed by atoms with E-state index in [1.807, 2.05) is 61.7 Å². The molecule has 1 N–H and O–H groups in total. The van der Waals surface area contributed by atoms with Crippen LogP contribution in [0.4, 0.5) is 5.69 Å². The van der Waals surface area contributed by atoms with Crippen LogP contribution >= 0.6 is 0 Å². The number of benzene rings is 1. The molecular formula is C25H29N3O2. The summed E-state index contributed by atoms with van der Waals surface area (Å²) in [4.78, 5) is 30.6. The quantitative estimate of drug-likeness (QED) is 0.651. The predicted molar refractivity (Wildman–Crippen MR) is 121 cm³/mol. The van der Waals surface area contributed by atoms with E-state index < -0.39 is 0 Å². The fourth-order valence-corrected chi connectivity index (χ4v) is 3.62. The molecule has 156 valence electrons. The van der Waals surface area contributed by atoms with Gasteiger partial charge in [-0.25, -0.2) is 0 Å². The molecule has 1 amide bonds. The highest BCUT2D eigenvalue weighted by molar-refractivity contribution is 6.05. The monoisotopic (exact) mass is 403 g/mol. The van der Waals surface area contributed by atoms with Crippen molar-refractivity contribution in [3.63, 3.8) is 0 Å². The van der Waals surface area contributed by atoms with E-state index in [-0.39, 0.29) is 22.8 Å². The molecule has 2 heterocycles. The lowest BCUT2D eigenvalue weighted by atomic mass is 10.00. The molecule has 0 bridgehead atoms. The summed E-state index contributed by atoms with van der Waals surface area (Å²) in [5.41, 5.74) is 5.24. The predicted octanol–water partition coefficient (Wildman–Crippen LogP) is 4.67. The largest absolute Gasteiger partial charge is 0.342 e. The Kier molecular flexibility index (Phi) is 6.50. The van der Waals surface area contributed by atoms with Crippen molar-refractivity contribution in [3.8, 4) is 0 Å². The second-order valence-electron chi connectivity index (χ2n) is 8.18. The molecule has 0 fully saturated rings. The van der Waals surface area contributed by atoms with Crippen molar-refractivity contribution in [1.29, 1.82) is 0 Å².